The number of nitrogens with one attached hydrogen (secondary N) is 2. The molecule has 0 saturated carbocycles. The number of hydrogen-bond donors (Lipinski definition) is 2. The average Bonchev–Trinajstić information content (AvgIpc) is 3.89. The van der Waals surface area contributed by atoms with Gasteiger partial charge in [0.2, 0.25) is 0 Å². The smallest absolute Gasteiger partial charge is 0.311 e. The number of aromatic amines is 2. The number of allylic oxidation sites excluding steroid dienone is 2. The highest BCUT2D eigenvalue weighted by atomic mass is 16.5. The summed E-state index contributed by atoms with van der Waals surface area (Å²) < 4.78 is 17.4. The molecule has 0 fully saturated rings. The van der Waals surface area contributed by atoms with E-state index in [9.17, 15) is 14.4 Å². The number of pyridine rings is 1. The van der Waals surface area contributed by atoms with Gasteiger partial charge < -0.3 is 24.2 Å². The van der Waals surface area contributed by atoms with E-state index in [1.165, 1.54) is 11.1 Å². The zero-order valence-electron chi connectivity index (χ0n) is 28.5. The second kappa shape index (κ2) is 15.3. The number of aryl methyl sites for hydroxylation is 3. The minimum absolute atomic E-state index is 0.115. The molecule has 7 rings (SSSR count). The molecule has 1 aliphatic rings. The molecule has 0 unspecified atom stereocenters. The Morgan fingerprint density at radius 2 is 1.27 bits per heavy atom. The molecule has 0 bridgehead atoms. The molecule has 9 nitrogen and oxygen atoms in total. The number of ether oxygens (including phenoxy) is 3. The summed E-state index contributed by atoms with van der Waals surface area (Å²) in [4.78, 5) is 50.1. The molecule has 258 valence electrons. The van der Waals surface area contributed by atoms with E-state index >= 15 is 0 Å². The largest absolute Gasteiger partial charge is 0.461 e. The first-order valence-electron chi connectivity index (χ1n) is 17.3. The van der Waals surface area contributed by atoms with Crippen molar-refractivity contribution >= 4 is 45.3 Å². The van der Waals surface area contributed by atoms with E-state index in [4.69, 9.17) is 14.2 Å². The lowest BCUT2D eigenvalue weighted by molar-refractivity contribution is -0.146. The summed E-state index contributed by atoms with van der Waals surface area (Å²) in [5.74, 6) is -0.997. The summed E-state index contributed by atoms with van der Waals surface area (Å²) in [5.41, 5.74) is 9.03. The molecule has 9 heteroatoms. The summed E-state index contributed by atoms with van der Waals surface area (Å²) in [5, 5.41) is 2.13. The van der Waals surface area contributed by atoms with Gasteiger partial charge in [0.15, 0.2) is 5.75 Å². The van der Waals surface area contributed by atoms with Crippen molar-refractivity contribution in [2.24, 2.45) is 0 Å². The maximum absolute atomic E-state index is 13.2. The van der Waals surface area contributed by atoms with E-state index in [-0.39, 0.29) is 50.2 Å². The minimum atomic E-state index is -0.447. The number of carbonyl (C=O) groups is 3. The van der Waals surface area contributed by atoms with Crippen LogP contribution in [0.25, 0.3) is 27.4 Å². The number of hydrogen-bond acceptors (Lipinski definition) is 7. The van der Waals surface area contributed by atoms with E-state index in [1.54, 1.807) is 13.1 Å². The number of H-pyrrole nitrogens is 2. The Balaban J connectivity index is 1.03. The predicted molar refractivity (Wildman–Crippen MR) is 195 cm³/mol. The SMILES string of the molecule is Cc1ncc(COC(=O)CCc2c[nH]c3ccccc23)c(COC(=O)CCC2=CCc3ccccc32)c1OC(=O)CCc1c[nH]c2ccccc12. The van der Waals surface area contributed by atoms with Crippen LogP contribution < -0.4 is 4.74 Å². The Kier molecular flexibility index (Phi) is 10.1. The van der Waals surface area contributed by atoms with Crippen molar-refractivity contribution in [2.45, 2.75) is 65.1 Å². The second-order valence-electron chi connectivity index (χ2n) is 12.8. The fourth-order valence-corrected chi connectivity index (χ4v) is 6.69. The highest BCUT2D eigenvalue weighted by Gasteiger charge is 2.21. The third-order valence-electron chi connectivity index (χ3n) is 9.46. The van der Waals surface area contributed by atoms with Gasteiger partial charge in [-0.25, -0.2) is 0 Å². The lowest BCUT2D eigenvalue weighted by Gasteiger charge is -2.17. The molecule has 0 spiro atoms. The Morgan fingerprint density at radius 1 is 0.686 bits per heavy atom. The molecule has 3 aromatic heterocycles. The van der Waals surface area contributed by atoms with Crippen LogP contribution in [0.4, 0.5) is 0 Å². The first kappa shape index (κ1) is 33.5. The molecule has 51 heavy (non-hydrogen) atoms. The average molecular weight is 682 g/mol. The normalized spacial score (nSPS) is 12.1. The second-order valence-corrected chi connectivity index (χ2v) is 12.8. The lowest BCUT2D eigenvalue weighted by atomic mass is 10.0. The Morgan fingerprint density at radius 3 is 1.98 bits per heavy atom. The van der Waals surface area contributed by atoms with Crippen molar-refractivity contribution in [1.82, 2.24) is 15.0 Å². The fraction of sp³-hybridized carbons (Fsp3) is 0.238. The topological polar surface area (TPSA) is 123 Å². The zero-order valence-corrected chi connectivity index (χ0v) is 28.5. The Hall–Kier alpha value is -5.96. The molecular weight excluding hydrogens is 642 g/mol. The summed E-state index contributed by atoms with van der Waals surface area (Å²) in [6.07, 6.45) is 10.5. The van der Waals surface area contributed by atoms with Crippen molar-refractivity contribution in [3.8, 4) is 5.75 Å². The number of para-hydroxylation sites is 2. The monoisotopic (exact) mass is 681 g/mol. The number of rotatable bonds is 14. The van der Waals surface area contributed by atoms with Crippen LogP contribution in [-0.4, -0.2) is 32.9 Å². The maximum Gasteiger partial charge on any atom is 0.311 e. The van der Waals surface area contributed by atoms with Crippen LogP contribution in [0, 0.1) is 6.92 Å². The lowest BCUT2D eigenvalue weighted by Crippen LogP contribution is -2.16. The van der Waals surface area contributed by atoms with Crippen LogP contribution in [-0.2, 0) is 56.3 Å². The number of esters is 3. The van der Waals surface area contributed by atoms with E-state index in [1.807, 2.05) is 73.1 Å². The van der Waals surface area contributed by atoms with E-state index in [2.05, 4.69) is 33.2 Å². The molecule has 0 atom stereocenters. The van der Waals surface area contributed by atoms with Crippen LogP contribution in [0.5, 0.6) is 5.75 Å². The molecule has 3 heterocycles. The molecule has 0 amide bonds. The van der Waals surface area contributed by atoms with Crippen LogP contribution in [0.15, 0.2) is 97.5 Å². The number of nitrogens with zero attached hydrogens (tertiary/aromatic N) is 1. The van der Waals surface area contributed by atoms with E-state index in [0.717, 1.165) is 44.9 Å². The molecular formula is C42H39N3O6. The van der Waals surface area contributed by atoms with Gasteiger partial charge in [0, 0.05) is 64.4 Å². The number of aromatic nitrogens is 3. The number of benzene rings is 3. The highest BCUT2D eigenvalue weighted by molar-refractivity contribution is 5.85. The molecule has 0 aliphatic heterocycles. The van der Waals surface area contributed by atoms with Gasteiger partial charge in [-0.3, -0.25) is 19.4 Å². The molecule has 1 aliphatic carbocycles. The van der Waals surface area contributed by atoms with E-state index in [0.29, 0.717) is 36.1 Å². The number of carbonyl (C=O) groups excluding carboxylic acids is 3. The standard InChI is InChI=1S/C42H39N3O6/c1-27-42(51-41(48)21-18-31-23-45-38-13-7-5-11-35(31)38)36(26-50-40(47)19-16-29-15-14-28-8-2-3-9-33(28)29)32(24-43-27)25-49-39(46)20-17-30-22-44-37-12-6-4-10-34(30)37/h2-13,15,22-24,44-45H,14,16-21,25-26H2,1H3. The first-order chi connectivity index (χ1) is 24.9. The van der Waals surface area contributed by atoms with Crippen LogP contribution in [0.2, 0.25) is 0 Å². The van der Waals surface area contributed by atoms with Gasteiger partial charge in [-0.05, 0) is 72.6 Å². The van der Waals surface area contributed by atoms with Crippen LogP contribution in [0.3, 0.4) is 0 Å². The van der Waals surface area contributed by atoms with Crippen molar-refractivity contribution in [2.75, 3.05) is 0 Å². The van der Waals surface area contributed by atoms with Gasteiger partial charge in [-0.15, -0.1) is 0 Å². The van der Waals surface area contributed by atoms with Crippen molar-refractivity contribution in [3.63, 3.8) is 0 Å². The van der Waals surface area contributed by atoms with Gasteiger partial charge in [0.1, 0.15) is 13.2 Å². The van der Waals surface area contributed by atoms with E-state index < -0.39 is 5.97 Å². The third kappa shape index (κ3) is 7.78. The maximum atomic E-state index is 13.2. The predicted octanol–water partition coefficient (Wildman–Crippen LogP) is 8.03. The minimum Gasteiger partial charge on any atom is -0.461 e. The Bertz CT molecular complexity index is 2260. The van der Waals surface area contributed by atoms with Crippen molar-refractivity contribution in [3.05, 3.63) is 137 Å². The van der Waals surface area contributed by atoms with Gasteiger partial charge in [-0.1, -0.05) is 66.7 Å². The molecule has 2 N–H and O–H groups in total. The third-order valence-corrected chi connectivity index (χ3v) is 9.46. The van der Waals surface area contributed by atoms with Crippen molar-refractivity contribution < 1.29 is 28.6 Å². The van der Waals surface area contributed by atoms with Crippen LogP contribution in [0.1, 0.15) is 64.8 Å². The zero-order chi connectivity index (χ0) is 35.2. The molecule has 6 aromatic rings. The summed E-state index contributed by atoms with van der Waals surface area (Å²) >= 11 is 0. The summed E-state index contributed by atoms with van der Waals surface area (Å²) in [6, 6.07) is 24.1. The Labute approximate surface area is 295 Å². The van der Waals surface area contributed by atoms with Gasteiger partial charge >= 0.3 is 17.9 Å². The first-order valence-corrected chi connectivity index (χ1v) is 17.3. The highest BCUT2D eigenvalue weighted by Crippen LogP contribution is 2.32. The van der Waals surface area contributed by atoms with Crippen LogP contribution >= 0.6 is 0 Å². The van der Waals surface area contributed by atoms with Gasteiger partial charge in [-0.2, -0.15) is 0 Å². The molecule has 0 saturated heterocycles. The summed E-state index contributed by atoms with van der Waals surface area (Å²) in [6.45, 7) is 1.45. The fourth-order valence-electron chi connectivity index (χ4n) is 6.69. The van der Waals surface area contributed by atoms with Gasteiger partial charge in [0.25, 0.3) is 0 Å². The van der Waals surface area contributed by atoms with Gasteiger partial charge in [0.05, 0.1) is 12.1 Å². The summed E-state index contributed by atoms with van der Waals surface area (Å²) in [7, 11) is 0. The van der Waals surface area contributed by atoms with Crippen molar-refractivity contribution in [1.29, 1.82) is 0 Å². The number of fused-ring (bicyclic) bond motifs is 3. The quantitative estimate of drug-likeness (QED) is 0.112. The molecule has 3 aromatic carbocycles. The molecule has 0 radical (unpaired) electrons.